The van der Waals surface area contributed by atoms with Crippen LogP contribution in [0.15, 0.2) is 29.2 Å². The quantitative estimate of drug-likeness (QED) is 0.588. The first-order valence-corrected chi connectivity index (χ1v) is 12.1. The van der Waals surface area contributed by atoms with E-state index in [9.17, 15) is 8.42 Å². The molecule has 26 heavy (non-hydrogen) atoms. The fraction of sp³-hybridized carbons (Fsp3) is 0.550. The van der Waals surface area contributed by atoms with Crippen molar-refractivity contribution in [2.75, 3.05) is 12.9 Å². The monoisotopic (exact) mass is 393 g/mol. The predicted molar refractivity (Wildman–Crippen MR) is 107 cm³/mol. The molecule has 1 aliphatic carbocycles. The second-order valence-electron chi connectivity index (χ2n) is 7.02. The molecule has 1 heterocycles. The number of rotatable bonds is 7. The molecule has 0 bridgehead atoms. The highest BCUT2D eigenvalue weighted by atomic mass is 32.2. The minimum atomic E-state index is -3.18. The van der Waals surface area contributed by atoms with Crippen LogP contribution in [0.4, 0.5) is 0 Å². The molecule has 2 aromatic rings. The molecule has 1 aromatic carbocycles. The first-order valence-electron chi connectivity index (χ1n) is 9.43. The van der Waals surface area contributed by atoms with E-state index in [2.05, 4.69) is 6.92 Å². The predicted octanol–water partition coefficient (Wildman–Crippen LogP) is 5.44. The molecule has 1 fully saturated rings. The zero-order valence-corrected chi connectivity index (χ0v) is 17.2. The number of sulfone groups is 1. The van der Waals surface area contributed by atoms with Crippen molar-refractivity contribution in [3.63, 3.8) is 0 Å². The van der Waals surface area contributed by atoms with Gasteiger partial charge in [-0.05, 0) is 37.0 Å². The Hall–Kier alpha value is -1.40. The first kappa shape index (κ1) is 19.4. The van der Waals surface area contributed by atoms with Gasteiger partial charge in [-0.15, -0.1) is 11.3 Å². The maximum Gasteiger partial charge on any atom is 0.232 e. The maximum absolute atomic E-state index is 11.7. The summed E-state index contributed by atoms with van der Waals surface area (Å²) in [4.78, 5) is 6.19. The molecule has 0 saturated heterocycles. The smallest absolute Gasteiger partial charge is 0.232 e. The Kier molecular flexibility index (Phi) is 6.35. The van der Waals surface area contributed by atoms with Gasteiger partial charge in [0.15, 0.2) is 9.84 Å². The lowest BCUT2D eigenvalue weighted by atomic mass is 9.90. The van der Waals surface area contributed by atoms with Gasteiger partial charge in [-0.2, -0.15) is 0 Å². The van der Waals surface area contributed by atoms with Gasteiger partial charge in [0.05, 0.1) is 16.4 Å². The fourth-order valence-corrected chi connectivity index (χ4v) is 5.11. The Bertz CT molecular complexity index is 819. The van der Waals surface area contributed by atoms with Crippen molar-refractivity contribution in [2.24, 2.45) is 0 Å². The number of thiazole rings is 1. The minimum absolute atomic E-state index is 0.340. The van der Waals surface area contributed by atoms with Crippen molar-refractivity contribution in [1.29, 1.82) is 0 Å². The van der Waals surface area contributed by atoms with Gasteiger partial charge in [0, 0.05) is 12.2 Å². The van der Waals surface area contributed by atoms with Crippen LogP contribution in [0.5, 0.6) is 5.88 Å². The van der Waals surface area contributed by atoms with Gasteiger partial charge in [-0.3, -0.25) is 0 Å². The lowest BCUT2D eigenvalue weighted by Crippen LogP contribution is -2.04. The van der Waals surface area contributed by atoms with E-state index in [4.69, 9.17) is 9.72 Å². The molecule has 0 N–H and O–H groups in total. The minimum Gasteiger partial charge on any atom is -0.477 e. The number of ether oxygens (including phenoxy) is 1. The number of aromatic nitrogens is 1. The highest BCUT2D eigenvalue weighted by Crippen LogP contribution is 2.42. The molecule has 6 heteroatoms. The van der Waals surface area contributed by atoms with E-state index < -0.39 is 9.84 Å². The largest absolute Gasteiger partial charge is 0.477 e. The van der Waals surface area contributed by atoms with Crippen molar-refractivity contribution in [3.05, 3.63) is 29.3 Å². The normalized spacial score (nSPS) is 15.9. The van der Waals surface area contributed by atoms with Crippen molar-refractivity contribution in [2.45, 2.75) is 62.7 Å². The molecule has 142 valence electrons. The van der Waals surface area contributed by atoms with E-state index >= 15 is 0 Å². The molecule has 4 nitrogen and oxygen atoms in total. The molecular formula is C20H27NO3S2. The SMILES string of the molecule is CCCCOc1nc(C2CCCCC2)sc1-c1ccc(S(C)(=O)=O)cc1. The Morgan fingerprint density at radius 2 is 1.85 bits per heavy atom. The highest BCUT2D eigenvalue weighted by Gasteiger charge is 2.23. The molecule has 0 radical (unpaired) electrons. The van der Waals surface area contributed by atoms with Crippen molar-refractivity contribution >= 4 is 21.2 Å². The topological polar surface area (TPSA) is 56.3 Å². The summed E-state index contributed by atoms with van der Waals surface area (Å²) >= 11 is 1.70. The maximum atomic E-state index is 11.7. The van der Waals surface area contributed by atoms with Crippen LogP contribution in [0, 0.1) is 0 Å². The summed E-state index contributed by atoms with van der Waals surface area (Å²) in [6.07, 6.45) is 9.59. The highest BCUT2D eigenvalue weighted by molar-refractivity contribution is 7.90. The summed E-state index contributed by atoms with van der Waals surface area (Å²) in [7, 11) is -3.18. The fourth-order valence-electron chi connectivity index (χ4n) is 3.29. The van der Waals surface area contributed by atoms with E-state index in [1.165, 1.54) is 43.4 Å². The van der Waals surface area contributed by atoms with Crippen molar-refractivity contribution in [1.82, 2.24) is 4.98 Å². The number of unbranched alkanes of at least 4 members (excludes halogenated alkanes) is 1. The third kappa shape index (κ3) is 4.65. The van der Waals surface area contributed by atoms with Gasteiger partial charge >= 0.3 is 0 Å². The molecule has 0 aliphatic heterocycles. The zero-order chi connectivity index (χ0) is 18.6. The van der Waals surface area contributed by atoms with E-state index in [1.807, 2.05) is 12.1 Å². The Labute approximate surface area is 160 Å². The Balaban J connectivity index is 1.91. The first-order chi connectivity index (χ1) is 12.5. The van der Waals surface area contributed by atoms with Crippen molar-refractivity contribution < 1.29 is 13.2 Å². The second-order valence-corrected chi connectivity index (χ2v) is 10.1. The third-order valence-corrected chi connectivity index (χ3v) is 7.23. The second kappa shape index (κ2) is 8.53. The number of hydrogen-bond acceptors (Lipinski definition) is 5. The van der Waals surface area contributed by atoms with E-state index in [0.29, 0.717) is 23.3 Å². The van der Waals surface area contributed by atoms with Crippen LogP contribution >= 0.6 is 11.3 Å². The average Bonchev–Trinajstić information content (AvgIpc) is 3.06. The molecular weight excluding hydrogens is 366 g/mol. The summed E-state index contributed by atoms with van der Waals surface area (Å²) in [5, 5.41) is 1.17. The van der Waals surface area contributed by atoms with Crippen LogP contribution < -0.4 is 4.74 Å². The lowest BCUT2D eigenvalue weighted by molar-refractivity contribution is 0.299. The van der Waals surface area contributed by atoms with Crippen LogP contribution in [0.25, 0.3) is 10.4 Å². The Morgan fingerprint density at radius 1 is 1.15 bits per heavy atom. The molecule has 0 atom stereocenters. The van der Waals surface area contributed by atoms with E-state index in [0.717, 1.165) is 23.3 Å². The summed E-state index contributed by atoms with van der Waals surface area (Å²) in [5.41, 5.74) is 0.975. The summed E-state index contributed by atoms with van der Waals surface area (Å²) in [6.45, 7) is 2.81. The molecule has 0 amide bonds. The number of hydrogen-bond donors (Lipinski definition) is 0. The van der Waals surface area contributed by atoms with Crippen molar-refractivity contribution in [3.8, 4) is 16.3 Å². The van der Waals surface area contributed by atoms with Gasteiger partial charge in [0.1, 0.15) is 5.01 Å². The van der Waals surface area contributed by atoms with Crippen LogP contribution in [-0.2, 0) is 9.84 Å². The summed E-state index contributed by atoms with van der Waals surface area (Å²) in [5.74, 6) is 1.24. The Morgan fingerprint density at radius 3 is 2.46 bits per heavy atom. The zero-order valence-electron chi connectivity index (χ0n) is 15.5. The van der Waals surface area contributed by atoms with Gasteiger partial charge in [-0.1, -0.05) is 44.7 Å². The van der Waals surface area contributed by atoms with Gasteiger partial charge < -0.3 is 4.74 Å². The number of nitrogens with zero attached hydrogens (tertiary/aromatic N) is 1. The molecule has 0 spiro atoms. The standard InChI is InChI=1S/C20H27NO3S2/c1-3-4-14-24-19-18(15-10-12-17(13-11-15)26(2,22)23)25-20(21-19)16-8-6-5-7-9-16/h10-13,16H,3-9,14H2,1-2H3. The van der Waals surface area contributed by atoms with Crippen LogP contribution in [-0.4, -0.2) is 26.3 Å². The molecule has 1 aliphatic rings. The summed E-state index contributed by atoms with van der Waals surface area (Å²) < 4.78 is 29.4. The van der Waals surface area contributed by atoms with Crippen LogP contribution in [0.1, 0.15) is 62.8 Å². The van der Waals surface area contributed by atoms with Gasteiger partial charge in [0.2, 0.25) is 5.88 Å². The van der Waals surface area contributed by atoms with E-state index in [-0.39, 0.29) is 0 Å². The van der Waals surface area contributed by atoms with Crippen LogP contribution in [0.3, 0.4) is 0 Å². The third-order valence-electron chi connectivity index (χ3n) is 4.85. The molecule has 1 saturated carbocycles. The lowest BCUT2D eigenvalue weighted by Gasteiger charge is -2.18. The molecule has 1 aromatic heterocycles. The number of benzene rings is 1. The van der Waals surface area contributed by atoms with E-state index in [1.54, 1.807) is 23.5 Å². The molecule has 0 unspecified atom stereocenters. The van der Waals surface area contributed by atoms with Gasteiger partial charge in [-0.25, -0.2) is 13.4 Å². The average molecular weight is 394 g/mol. The van der Waals surface area contributed by atoms with Gasteiger partial charge in [0.25, 0.3) is 0 Å². The summed E-state index contributed by atoms with van der Waals surface area (Å²) in [6, 6.07) is 7.06. The van der Waals surface area contributed by atoms with Crippen LogP contribution in [0.2, 0.25) is 0 Å². The molecule has 3 rings (SSSR count).